The molecule has 0 saturated heterocycles. The third-order valence-electron chi connectivity index (χ3n) is 5.00. The fraction of sp³-hybridized carbons (Fsp3) is 0.0870. The van der Waals surface area contributed by atoms with Gasteiger partial charge in [-0.25, -0.2) is 14.2 Å². The van der Waals surface area contributed by atoms with E-state index in [0.29, 0.717) is 34.6 Å². The fourth-order valence-corrected chi connectivity index (χ4v) is 3.36. The summed E-state index contributed by atoms with van der Waals surface area (Å²) in [5.74, 6) is 0.508. The zero-order chi connectivity index (χ0) is 23.5. The highest BCUT2D eigenvalue weighted by Crippen LogP contribution is 2.25. The average molecular weight is 451 g/mol. The van der Waals surface area contributed by atoms with Gasteiger partial charge in [0.05, 0.1) is 28.4 Å². The Bertz CT molecular complexity index is 1530. The van der Waals surface area contributed by atoms with Crippen molar-refractivity contribution in [2.75, 3.05) is 5.32 Å². The number of hydrogen-bond acceptors (Lipinski definition) is 8. The molecule has 0 unspecified atom stereocenters. The second kappa shape index (κ2) is 8.79. The van der Waals surface area contributed by atoms with Crippen molar-refractivity contribution in [2.24, 2.45) is 7.05 Å². The van der Waals surface area contributed by atoms with Crippen molar-refractivity contribution in [1.29, 1.82) is 5.26 Å². The van der Waals surface area contributed by atoms with Crippen LogP contribution in [0.15, 0.2) is 66.7 Å². The molecule has 0 saturated carbocycles. The Labute approximate surface area is 193 Å². The molecule has 3 heterocycles. The topological polar surface area (TPSA) is 136 Å². The molecule has 0 atom stereocenters. The average Bonchev–Trinajstić information content (AvgIpc) is 3.45. The summed E-state index contributed by atoms with van der Waals surface area (Å²) in [5, 5.41) is 23.3. The number of pyridine rings is 1. The van der Waals surface area contributed by atoms with Gasteiger partial charge in [-0.3, -0.25) is 4.79 Å². The van der Waals surface area contributed by atoms with E-state index in [1.165, 1.54) is 4.68 Å². The molecule has 1 amide bonds. The Kier molecular flexibility index (Phi) is 5.37. The Hall–Kier alpha value is -5.11. The monoisotopic (exact) mass is 451 g/mol. The second-order valence-electron chi connectivity index (χ2n) is 7.27. The van der Waals surface area contributed by atoms with E-state index in [1.54, 1.807) is 54.1 Å². The highest BCUT2D eigenvalue weighted by atomic mass is 16.5. The maximum Gasteiger partial charge on any atom is 0.305 e. The Morgan fingerprint density at radius 2 is 1.88 bits per heavy atom. The zero-order valence-electron chi connectivity index (χ0n) is 18.0. The summed E-state index contributed by atoms with van der Waals surface area (Å²) in [4.78, 5) is 21.5. The van der Waals surface area contributed by atoms with Crippen LogP contribution in [0.4, 0.5) is 5.82 Å². The molecule has 2 aromatic carbocycles. The molecule has 0 aliphatic carbocycles. The summed E-state index contributed by atoms with van der Waals surface area (Å²) in [6, 6.07) is 21.5. The van der Waals surface area contributed by atoms with Crippen LogP contribution in [0, 0.1) is 11.3 Å². The maximum atomic E-state index is 12.5. The smallest absolute Gasteiger partial charge is 0.305 e. The number of aromatic nitrogens is 7. The molecule has 3 aromatic heterocycles. The lowest BCUT2D eigenvalue weighted by atomic mass is 10.1. The van der Waals surface area contributed by atoms with E-state index in [4.69, 9.17) is 10.00 Å². The molecule has 0 spiro atoms. The highest BCUT2D eigenvalue weighted by molar-refractivity contribution is 6.03. The molecular weight excluding hydrogens is 434 g/mol. The van der Waals surface area contributed by atoms with Gasteiger partial charge in [0.1, 0.15) is 12.4 Å². The minimum Gasteiger partial charge on any atom is -0.458 e. The molecule has 0 radical (unpaired) electrons. The molecule has 0 bridgehead atoms. The minimum absolute atomic E-state index is 0.106. The lowest BCUT2D eigenvalue weighted by Gasteiger charge is -2.09. The van der Waals surface area contributed by atoms with E-state index in [-0.39, 0.29) is 12.5 Å². The first-order valence-corrected chi connectivity index (χ1v) is 10.2. The van der Waals surface area contributed by atoms with E-state index in [1.807, 2.05) is 30.3 Å². The second-order valence-corrected chi connectivity index (χ2v) is 7.27. The summed E-state index contributed by atoms with van der Waals surface area (Å²) < 4.78 is 9.25. The lowest BCUT2D eigenvalue weighted by molar-refractivity contribution is 0.102. The van der Waals surface area contributed by atoms with E-state index in [9.17, 15) is 4.79 Å². The zero-order valence-corrected chi connectivity index (χ0v) is 18.0. The van der Waals surface area contributed by atoms with E-state index in [2.05, 4.69) is 30.8 Å². The molecule has 11 nitrogen and oxygen atoms in total. The maximum absolute atomic E-state index is 12.5. The summed E-state index contributed by atoms with van der Waals surface area (Å²) in [5.41, 5.74) is 3.03. The number of carbonyl (C=O) groups excluding carboxylic acids is 1. The van der Waals surface area contributed by atoms with Gasteiger partial charge in [-0.2, -0.15) is 10.2 Å². The number of imidazole rings is 1. The van der Waals surface area contributed by atoms with Crippen molar-refractivity contribution in [3.8, 4) is 18.0 Å². The molecule has 0 aliphatic heterocycles. The van der Waals surface area contributed by atoms with Crippen LogP contribution in [0.3, 0.4) is 0 Å². The number of para-hydroxylation sites is 2. The molecule has 5 rings (SSSR count). The minimum atomic E-state index is -0.327. The van der Waals surface area contributed by atoms with Crippen LogP contribution >= 0.6 is 0 Å². The van der Waals surface area contributed by atoms with Crippen LogP contribution in [0.5, 0.6) is 6.01 Å². The van der Waals surface area contributed by atoms with Crippen LogP contribution in [0.25, 0.3) is 17.0 Å². The first-order chi connectivity index (χ1) is 16.6. The Morgan fingerprint density at radius 3 is 2.65 bits per heavy atom. The molecule has 0 aliphatic rings. The number of anilines is 1. The van der Waals surface area contributed by atoms with Crippen LogP contribution in [0.1, 0.15) is 21.6 Å². The third kappa shape index (κ3) is 4.03. The van der Waals surface area contributed by atoms with Gasteiger partial charge in [-0.1, -0.05) is 23.3 Å². The van der Waals surface area contributed by atoms with Crippen LogP contribution in [-0.4, -0.2) is 40.6 Å². The molecule has 11 heteroatoms. The van der Waals surface area contributed by atoms with Crippen molar-refractivity contribution >= 4 is 22.8 Å². The summed E-state index contributed by atoms with van der Waals surface area (Å²) in [6.07, 6.45) is 0. The van der Waals surface area contributed by atoms with Gasteiger partial charge in [-0.05, 0) is 59.0 Å². The normalized spacial score (nSPS) is 10.7. The summed E-state index contributed by atoms with van der Waals surface area (Å²) in [7, 11) is 1.73. The molecule has 34 heavy (non-hydrogen) atoms. The number of aryl methyl sites for hydroxylation is 1. The number of hydrogen-bond donors (Lipinski definition) is 1. The van der Waals surface area contributed by atoms with Crippen LogP contribution in [-0.2, 0) is 13.7 Å². The van der Waals surface area contributed by atoms with Gasteiger partial charge in [-0.15, -0.1) is 0 Å². The van der Waals surface area contributed by atoms with Crippen molar-refractivity contribution in [1.82, 2.24) is 34.7 Å². The van der Waals surface area contributed by atoms with Crippen LogP contribution in [0.2, 0.25) is 0 Å². The number of amides is 1. The number of benzene rings is 2. The SMILES string of the molecule is Cn1nnnc1-n1c(OCc2cccc(NC(=O)c3ccc(C#N)cc3)n2)nc2ccccc21. The van der Waals surface area contributed by atoms with Gasteiger partial charge < -0.3 is 10.1 Å². The summed E-state index contributed by atoms with van der Waals surface area (Å²) >= 11 is 0. The van der Waals surface area contributed by atoms with Gasteiger partial charge in [0.2, 0.25) is 0 Å². The third-order valence-corrected chi connectivity index (χ3v) is 5.00. The van der Waals surface area contributed by atoms with Crippen molar-refractivity contribution in [3.05, 3.63) is 83.6 Å². The van der Waals surface area contributed by atoms with Crippen molar-refractivity contribution < 1.29 is 9.53 Å². The van der Waals surface area contributed by atoms with Gasteiger partial charge in [0.25, 0.3) is 11.9 Å². The molecule has 166 valence electrons. The van der Waals surface area contributed by atoms with E-state index in [0.717, 1.165) is 11.0 Å². The number of carbonyl (C=O) groups is 1. The number of rotatable bonds is 6. The molecule has 1 N–H and O–H groups in total. The largest absolute Gasteiger partial charge is 0.458 e. The number of nitriles is 1. The molecule has 0 fully saturated rings. The quantitative estimate of drug-likeness (QED) is 0.416. The first kappa shape index (κ1) is 20.8. The first-order valence-electron chi connectivity index (χ1n) is 10.2. The Balaban J connectivity index is 1.35. The number of tetrazole rings is 1. The van der Waals surface area contributed by atoms with Gasteiger partial charge >= 0.3 is 6.01 Å². The molecule has 5 aromatic rings. The standard InChI is InChI=1S/C23H17N9O2/c1-31-22(28-29-30-31)32-19-7-3-2-6-18(19)26-23(32)34-14-17-5-4-8-20(25-17)27-21(33)16-11-9-15(13-24)10-12-16/h2-12H,14H2,1H3,(H,25,27,33). The number of ether oxygens (including phenoxy) is 1. The fourth-order valence-electron chi connectivity index (χ4n) is 3.36. The predicted octanol–water partition coefficient (Wildman–Crippen LogP) is 2.65. The summed E-state index contributed by atoms with van der Waals surface area (Å²) in [6.45, 7) is 0.106. The van der Waals surface area contributed by atoms with Crippen molar-refractivity contribution in [2.45, 2.75) is 6.61 Å². The highest BCUT2D eigenvalue weighted by Gasteiger charge is 2.18. The van der Waals surface area contributed by atoms with E-state index < -0.39 is 0 Å². The van der Waals surface area contributed by atoms with Crippen LogP contribution < -0.4 is 10.1 Å². The molecular formula is C23H17N9O2. The predicted molar refractivity (Wildman–Crippen MR) is 121 cm³/mol. The number of fused-ring (bicyclic) bond motifs is 1. The number of nitrogens with one attached hydrogen (secondary N) is 1. The van der Waals surface area contributed by atoms with Gasteiger partial charge in [0, 0.05) is 12.6 Å². The van der Waals surface area contributed by atoms with E-state index >= 15 is 0 Å². The van der Waals surface area contributed by atoms with Gasteiger partial charge in [0.15, 0.2) is 0 Å². The van der Waals surface area contributed by atoms with Crippen molar-refractivity contribution in [3.63, 3.8) is 0 Å². The Morgan fingerprint density at radius 1 is 1.06 bits per heavy atom. The lowest BCUT2D eigenvalue weighted by Crippen LogP contribution is -2.14. The number of nitrogens with zero attached hydrogens (tertiary/aromatic N) is 8.